The van der Waals surface area contributed by atoms with Gasteiger partial charge in [0, 0.05) is 23.6 Å². The second-order valence-corrected chi connectivity index (χ2v) is 7.42. The molecule has 0 radical (unpaired) electrons. The fraction of sp³-hybridized carbons (Fsp3) is 0.0417. The van der Waals surface area contributed by atoms with Crippen LogP contribution in [0, 0.1) is 12.7 Å². The fourth-order valence-corrected chi connectivity index (χ4v) is 3.43. The van der Waals surface area contributed by atoms with Crippen molar-refractivity contribution in [2.45, 2.75) is 6.92 Å². The number of carbonyl (C=O) groups excluding carboxylic acids is 1. The summed E-state index contributed by atoms with van der Waals surface area (Å²) in [5.41, 5.74) is 2.03. The molecule has 5 aromatic rings. The van der Waals surface area contributed by atoms with Crippen molar-refractivity contribution in [1.29, 1.82) is 0 Å². The Morgan fingerprint density at radius 2 is 1.97 bits per heavy atom. The molecule has 0 aliphatic carbocycles. The molecular formula is C24H17FN6O3. The minimum absolute atomic E-state index is 0.0765. The number of halogens is 1. The summed E-state index contributed by atoms with van der Waals surface area (Å²) in [6, 6.07) is 14.3. The zero-order valence-electron chi connectivity index (χ0n) is 17.8. The van der Waals surface area contributed by atoms with Crippen LogP contribution < -0.4 is 15.6 Å². The van der Waals surface area contributed by atoms with Gasteiger partial charge in [0.25, 0.3) is 11.5 Å². The summed E-state index contributed by atoms with van der Waals surface area (Å²) < 4.78 is 21.6. The van der Waals surface area contributed by atoms with E-state index in [2.05, 4.69) is 25.3 Å². The average Bonchev–Trinajstić information content (AvgIpc) is 3.31. The quantitative estimate of drug-likeness (QED) is 0.413. The number of rotatable bonds is 5. The van der Waals surface area contributed by atoms with E-state index < -0.39 is 17.3 Å². The van der Waals surface area contributed by atoms with Gasteiger partial charge in [-0.2, -0.15) is 4.98 Å². The number of carbonyl (C=O) groups is 1. The van der Waals surface area contributed by atoms with Crippen LogP contribution in [-0.4, -0.2) is 30.4 Å². The van der Waals surface area contributed by atoms with Crippen molar-refractivity contribution in [3.05, 3.63) is 101 Å². The summed E-state index contributed by atoms with van der Waals surface area (Å²) in [5.74, 6) is -1.38. The summed E-state index contributed by atoms with van der Waals surface area (Å²) in [4.78, 5) is 40.5. The molecule has 0 saturated heterocycles. The number of aromatic nitrogens is 5. The van der Waals surface area contributed by atoms with Gasteiger partial charge in [-0.15, -0.1) is 0 Å². The van der Waals surface area contributed by atoms with Crippen LogP contribution in [0.3, 0.4) is 0 Å². The van der Waals surface area contributed by atoms with E-state index in [1.807, 2.05) is 25.1 Å². The average molecular weight is 456 g/mol. The zero-order chi connectivity index (χ0) is 23.7. The zero-order valence-corrected chi connectivity index (χ0v) is 17.8. The van der Waals surface area contributed by atoms with E-state index in [-0.39, 0.29) is 22.9 Å². The molecule has 1 amide bonds. The summed E-state index contributed by atoms with van der Waals surface area (Å²) >= 11 is 0. The molecule has 0 atom stereocenters. The number of pyridine rings is 1. The summed E-state index contributed by atoms with van der Waals surface area (Å²) in [6.45, 7) is 1.91. The van der Waals surface area contributed by atoms with Gasteiger partial charge in [-0.3, -0.25) is 14.2 Å². The van der Waals surface area contributed by atoms with E-state index in [4.69, 9.17) is 4.74 Å². The van der Waals surface area contributed by atoms with Crippen molar-refractivity contribution in [3.63, 3.8) is 0 Å². The van der Waals surface area contributed by atoms with Crippen molar-refractivity contribution in [2.24, 2.45) is 0 Å². The van der Waals surface area contributed by atoms with Crippen LogP contribution in [0.4, 0.5) is 10.1 Å². The Kier molecular flexibility index (Phi) is 5.30. The molecule has 0 saturated carbocycles. The van der Waals surface area contributed by atoms with Gasteiger partial charge in [-0.1, -0.05) is 12.1 Å². The van der Waals surface area contributed by atoms with Crippen molar-refractivity contribution in [2.75, 3.05) is 5.32 Å². The van der Waals surface area contributed by atoms with Crippen LogP contribution >= 0.6 is 0 Å². The number of nitrogens with one attached hydrogen (secondary N) is 2. The van der Waals surface area contributed by atoms with Crippen LogP contribution in [0.1, 0.15) is 15.9 Å². The van der Waals surface area contributed by atoms with E-state index in [9.17, 15) is 14.0 Å². The number of aromatic amines is 1. The van der Waals surface area contributed by atoms with Gasteiger partial charge in [-0.25, -0.2) is 14.4 Å². The second-order valence-electron chi connectivity index (χ2n) is 7.42. The van der Waals surface area contributed by atoms with Crippen LogP contribution in [0.2, 0.25) is 0 Å². The number of benzene rings is 2. The van der Waals surface area contributed by atoms with Crippen LogP contribution in [0.25, 0.3) is 16.9 Å². The number of H-pyrrole nitrogens is 1. The number of aryl methyl sites for hydroxylation is 1. The molecule has 3 aromatic heterocycles. The molecule has 0 bridgehead atoms. The van der Waals surface area contributed by atoms with Gasteiger partial charge in [-0.05, 0) is 48.9 Å². The monoisotopic (exact) mass is 456 g/mol. The highest BCUT2D eigenvalue weighted by atomic mass is 19.1. The van der Waals surface area contributed by atoms with Crippen molar-refractivity contribution in [1.82, 2.24) is 24.5 Å². The van der Waals surface area contributed by atoms with Crippen LogP contribution in [-0.2, 0) is 0 Å². The lowest BCUT2D eigenvalue weighted by atomic mass is 10.2. The molecule has 3 heterocycles. The summed E-state index contributed by atoms with van der Waals surface area (Å²) in [5, 5.41) is 2.56. The van der Waals surface area contributed by atoms with E-state index in [1.54, 1.807) is 18.3 Å². The SMILES string of the molecule is Cc1cccc(-n2cccc(C(=O)Nc3ccc(Oc4ncnc5nc[nH]c45)c(F)c3)c2=O)c1. The molecule has 2 aromatic carbocycles. The van der Waals surface area contributed by atoms with E-state index in [1.165, 1.54) is 35.4 Å². The first kappa shape index (κ1) is 21.0. The summed E-state index contributed by atoms with van der Waals surface area (Å²) in [6.07, 6.45) is 4.27. The van der Waals surface area contributed by atoms with E-state index in [0.717, 1.165) is 11.6 Å². The maximum atomic E-state index is 14.7. The fourth-order valence-electron chi connectivity index (χ4n) is 3.43. The third-order valence-corrected chi connectivity index (χ3v) is 5.06. The van der Waals surface area contributed by atoms with Gasteiger partial charge in [0.2, 0.25) is 5.88 Å². The predicted octanol–water partition coefficient (Wildman–Crippen LogP) is 4.00. The summed E-state index contributed by atoms with van der Waals surface area (Å²) in [7, 11) is 0. The Bertz CT molecular complexity index is 1590. The number of nitrogens with zero attached hydrogens (tertiary/aromatic N) is 4. The van der Waals surface area contributed by atoms with Gasteiger partial charge in [0.05, 0.1) is 6.33 Å². The molecule has 168 valence electrons. The highest BCUT2D eigenvalue weighted by Crippen LogP contribution is 2.28. The minimum atomic E-state index is -0.727. The van der Waals surface area contributed by atoms with Crippen LogP contribution in [0.15, 0.2) is 78.2 Å². The first-order chi connectivity index (χ1) is 16.5. The maximum Gasteiger partial charge on any atom is 0.267 e. The number of amides is 1. The Morgan fingerprint density at radius 1 is 1.09 bits per heavy atom. The molecule has 0 unspecified atom stereocenters. The minimum Gasteiger partial charge on any atom is -0.434 e. The van der Waals surface area contributed by atoms with Gasteiger partial charge >= 0.3 is 0 Å². The van der Waals surface area contributed by atoms with Gasteiger partial charge < -0.3 is 15.0 Å². The first-order valence-electron chi connectivity index (χ1n) is 10.2. The molecule has 9 nitrogen and oxygen atoms in total. The lowest BCUT2D eigenvalue weighted by Gasteiger charge is -2.11. The highest BCUT2D eigenvalue weighted by molar-refractivity contribution is 6.04. The molecule has 5 rings (SSSR count). The van der Waals surface area contributed by atoms with Gasteiger partial charge in [0.1, 0.15) is 17.4 Å². The van der Waals surface area contributed by atoms with Crippen molar-refractivity contribution < 1.29 is 13.9 Å². The molecule has 0 fully saturated rings. The number of hydrogen-bond donors (Lipinski definition) is 2. The molecule has 0 spiro atoms. The Balaban J connectivity index is 1.37. The predicted molar refractivity (Wildman–Crippen MR) is 123 cm³/mol. The molecular weight excluding hydrogens is 439 g/mol. The Morgan fingerprint density at radius 3 is 2.79 bits per heavy atom. The normalized spacial score (nSPS) is 10.9. The Labute approximate surface area is 191 Å². The standard InChI is InChI=1S/C24H17FN6O3/c1-14-4-2-5-16(10-14)31-9-3-6-17(24(31)33)22(32)30-15-7-8-19(18(25)11-15)34-23-20-21(27-12-26-20)28-13-29-23/h2-13H,1H3,(H,30,32)(H,26,27,28,29). The first-order valence-corrected chi connectivity index (χ1v) is 10.2. The third kappa shape index (κ3) is 3.99. The number of ether oxygens (including phenoxy) is 1. The number of fused-ring (bicyclic) bond motifs is 1. The molecule has 10 heteroatoms. The number of anilines is 1. The third-order valence-electron chi connectivity index (χ3n) is 5.06. The van der Waals surface area contributed by atoms with E-state index >= 15 is 0 Å². The molecule has 34 heavy (non-hydrogen) atoms. The smallest absolute Gasteiger partial charge is 0.267 e. The topological polar surface area (TPSA) is 115 Å². The Hall–Kier alpha value is -4.86. The maximum absolute atomic E-state index is 14.7. The molecule has 0 aliphatic rings. The number of imidazole rings is 1. The highest BCUT2D eigenvalue weighted by Gasteiger charge is 2.16. The molecule has 2 N–H and O–H groups in total. The van der Waals surface area contributed by atoms with E-state index in [0.29, 0.717) is 16.9 Å². The second kappa shape index (κ2) is 8.58. The van der Waals surface area contributed by atoms with Crippen molar-refractivity contribution >= 4 is 22.8 Å². The van der Waals surface area contributed by atoms with Gasteiger partial charge in [0.15, 0.2) is 17.2 Å². The lowest BCUT2D eigenvalue weighted by Crippen LogP contribution is -2.27. The number of hydrogen-bond acceptors (Lipinski definition) is 6. The molecule has 0 aliphatic heterocycles. The largest absolute Gasteiger partial charge is 0.434 e. The van der Waals surface area contributed by atoms with Crippen LogP contribution in [0.5, 0.6) is 11.6 Å². The van der Waals surface area contributed by atoms with Crippen molar-refractivity contribution in [3.8, 4) is 17.3 Å². The lowest BCUT2D eigenvalue weighted by molar-refractivity contribution is 0.102.